The minimum atomic E-state index is 0.287. The molecule has 0 aliphatic carbocycles. The van der Waals surface area contributed by atoms with Crippen molar-refractivity contribution < 1.29 is 4.52 Å². The van der Waals surface area contributed by atoms with Crippen LogP contribution in [0.25, 0.3) is 0 Å². The molecule has 1 heterocycles. The van der Waals surface area contributed by atoms with Crippen LogP contribution in [0.1, 0.15) is 37.5 Å². The van der Waals surface area contributed by atoms with Crippen LogP contribution in [0.4, 0.5) is 0 Å². The molecule has 0 aliphatic heterocycles. The van der Waals surface area contributed by atoms with Gasteiger partial charge in [-0.2, -0.15) is 4.98 Å². The highest BCUT2D eigenvalue weighted by Crippen LogP contribution is 2.13. The molecule has 0 aliphatic rings. The Balaban J connectivity index is 2.07. The Bertz CT molecular complexity index is 512. The van der Waals surface area contributed by atoms with Gasteiger partial charge in [-0.1, -0.05) is 42.4 Å². The van der Waals surface area contributed by atoms with Crippen LogP contribution in [-0.4, -0.2) is 21.1 Å². The fourth-order valence-electron chi connectivity index (χ4n) is 2.06. The molecule has 108 valence electrons. The lowest BCUT2D eigenvalue weighted by Crippen LogP contribution is -2.32. The number of hydrogen-bond acceptors (Lipinski definition) is 5. The van der Waals surface area contributed by atoms with E-state index in [9.17, 15) is 0 Å². The van der Waals surface area contributed by atoms with Gasteiger partial charge in [0.2, 0.25) is 5.89 Å². The van der Waals surface area contributed by atoms with Gasteiger partial charge in [-0.15, -0.1) is 0 Å². The van der Waals surface area contributed by atoms with E-state index in [0.717, 1.165) is 13.0 Å². The van der Waals surface area contributed by atoms with Crippen molar-refractivity contribution in [2.45, 2.75) is 45.9 Å². The van der Waals surface area contributed by atoms with Gasteiger partial charge in [0.15, 0.2) is 5.82 Å². The quantitative estimate of drug-likeness (QED) is 0.839. The Hall–Kier alpha value is -1.72. The second-order valence-electron chi connectivity index (χ2n) is 4.96. The van der Waals surface area contributed by atoms with Crippen LogP contribution in [0, 0.1) is 0 Å². The van der Waals surface area contributed by atoms with Crippen molar-refractivity contribution in [3.05, 3.63) is 47.6 Å². The van der Waals surface area contributed by atoms with Crippen molar-refractivity contribution in [1.29, 1.82) is 0 Å². The first kappa shape index (κ1) is 14.7. The van der Waals surface area contributed by atoms with Gasteiger partial charge in [0.25, 0.3) is 0 Å². The molecule has 2 N–H and O–H groups in total. The number of rotatable bonds is 7. The molecular formula is C15H22N4O. The maximum atomic E-state index is 5.49. The van der Waals surface area contributed by atoms with Gasteiger partial charge >= 0.3 is 0 Å². The van der Waals surface area contributed by atoms with Gasteiger partial charge in [0.1, 0.15) is 0 Å². The first-order valence-corrected chi connectivity index (χ1v) is 7.02. The van der Waals surface area contributed by atoms with Crippen LogP contribution in [0.15, 0.2) is 34.9 Å². The molecule has 1 aromatic carbocycles. The zero-order valence-corrected chi connectivity index (χ0v) is 12.1. The fourth-order valence-corrected chi connectivity index (χ4v) is 2.06. The zero-order chi connectivity index (χ0) is 14.4. The van der Waals surface area contributed by atoms with E-state index in [1.54, 1.807) is 0 Å². The molecule has 1 aromatic heterocycles. The van der Waals surface area contributed by atoms with Gasteiger partial charge in [0, 0.05) is 12.6 Å². The van der Waals surface area contributed by atoms with Crippen LogP contribution in [0.3, 0.4) is 0 Å². The van der Waals surface area contributed by atoms with Crippen LogP contribution < -0.4 is 5.73 Å². The minimum absolute atomic E-state index is 0.287. The molecule has 0 spiro atoms. The molecule has 0 radical (unpaired) electrons. The van der Waals surface area contributed by atoms with Crippen molar-refractivity contribution in [3.8, 4) is 0 Å². The van der Waals surface area contributed by atoms with Gasteiger partial charge in [-0.05, 0) is 18.9 Å². The Kier molecular flexibility index (Phi) is 5.26. The lowest BCUT2D eigenvalue weighted by Gasteiger charge is -2.27. The van der Waals surface area contributed by atoms with Gasteiger partial charge in [-0.25, -0.2) is 0 Å². The standard InChI is InChI=1S/C15H22N4O/c1-3-12(2)19(10-13-7-5-4-6-8-13)11-14-17-15(9-16)20-18-14/h4-8,12H,3,9-11,16H2,1-2H3. The Morgan fingerprint density at radius 2 is 2.00 bits per heavy atom. The summed E-state index contributed by atoms with van der Waals surface area (Å²) in [5.41, 5.74) is 6.78. The molecule has 2 rings (SSSR count). The first-order valence-electron chi connectivity index (χ1n) is 7.02. The largest absolute Gasteiger partial charge is 0.338 e. The van der Waals surface area contributed by atoms with Crippen LogP contribution in [0.2, 0.25) is 0 Å². The molecule has 20 heavy (non-hydrogen) atoms. The summed E-state index contributed by atoms with van der Waals surface area (Å²) in [6, 6.07) is 10.9. The second kappa shape index (κ2) is 7.17. The maximum absolute atomic E-state index is 5.49. The fraction of sp³-hybridized carbons (Fsp3) is 0.467. The number of nitrogens with zero attached hydrogens (tertiary/aromatic N) is 3. The Labute approximate surface area is 119 Å². The summed E-state index contributed by atoms with van der Waals surface area (Å²) >= 11 is 0. The summed E-state index contributed by atoms with van der Waals surface area (Å²) in [6.07, 6.45) is 1.08. The van der Waals surface area contributed by atoms with E-state index in [0.29, 0.717) is 24.3 Å². The maximum Gasteiger partial charge on any atom is 0.240 e. The Morgan fingerprint density at radius 1 is 1.25 bits per heavy atom. The van der Waals surface area contributed by atoms with Crippen LogP contribution >= 0.6 is 0 Å². The number of benzene rings is 1. The number of hydrogen-bond donors (Lipinski definition) is 1. The molecular weight excluding hydrogens is 252 g/mol. The van der Waals surface area contributed by atoms with Gasteiger partial charge in [-0.3, -0.25) is 4.90 Å². The summed E-state index contributed by atoms with van der Waals surface area (Å²) in [5.74, 6) is 1.19. The predicted octanol–water partition coefficient (Wildman–Crippen LogP) is 2.33. The molecule has 0 saturated carbocycles. The topological polar surface area (TPSA) is 68.2 Å². The van der Waals surface area contributed by atoms with Crippen LogP contribution in [-0.2, 0) is 19.6 Å². The molecule has 0 amide bonds. The van der Waals surface area contributed by atoms with E-state index in [1.165, 1.54) is 5.56 Å². The number of nitrogens with two attached hydrogens (primary N) is 1. The molecule has 0 fully saturated rings. The summed E-state index contributed by atoms with van der Waals surface area (Å²) in [5, 5.41) is 3.98. The van der Waals surface area contributed by atoms with Crippen molar-refractivity contribution in [1.82, 2.24) is 15.0 Å². The van der Waals surface area contributed by atoms with Crippen molar-refractivity contribution in [2.24, 2.45) is 5.73 Å². The monoisotopic (exact) mass is 274 g/mol. The van der Waals surface area contributed by atoms with Gasteiger partial charge in [0.05, 0.1) is 13.1 Å². The normalized spacial score (nSPS) is 12.8. The highest BCUT2D eigenvalue weighted by molar-refractivity contribution is 5.14. The second-order valence-corrected chi connectivity index (χ2v) is 4.96. The molecule has 2 aromatic rings. The molecule has 5 nitrogen and oxygen atoms in total. The van der Waals surface area contributed by atoms with Crippen LogP contribution in [0.5, 0.6) is 0 Å². The van der Waals surface area contributed by atoms with E-state index in [1.807, 2.05) is 6.07 Å². The van der Waals surface area contributed by atoms with Crippen molar-refractivity contribution >= 4 is 0 Å². The van der Waals surface area contributed by atoms with Gasteiger partial charge < -0.3 is 10.3 Å². The predicted molar refractivity (Wildman–Crippen MR) is 77.6 cm³/mol. The van der Waals surface area contributed by atoms with E-state index < -0.39 is 0 Å². The summed E-state index contributed by atoms with van der Waals surface area (Å²) in [7, 11) is 0. The average molecular weight is 274 g/mol. The third-order valence-corrected chi connectivity index (χ3v) is 3.47. The van der Waals surface area contributed by atoms with E-state index in [4.69, 9.17) is 10.3 Å². The highest BCUT2D eigenvalue weighted by Gasteiger charge is 2.16. The molecule has 0 bridgehead atoms. The van der Waals surface area contributed by atoms with Crippen molar-refractivity contribution in [3.63, 3.8) is 0 Å². The van der Waals surface area contributed by atoms with E-state index >= 15 is 0 Å². The zero-order valence-electron chi connectivity index (χ0n) is 12.1. The van der Waals surface area contributed by atoms with Crippen molar-refractivity contribution in [2.75, 3.05) is 0 Å². The first-order chi connectivity index (χ1) is 9.72. The third-order valence-electron chi connectivity index (χ3n) is 3.47. The SMILES string of the molecule is CCC(C)N(Cc1ccccc1)Cc1noc(CN)n1. The lowest BCUT2D eigenvalue weighted by atomic mass is 10.1. The third kappa shape index (κ3) is 3.88. The Morgan fingerprint density at radius 3 is 2.60 bits per heavy atom. The lowest BCUT2D eigenvalue weighted by molar-refractivity contribution is 0.179. The van der Waals surface area contributed by atoms with E-state index in [-0.39, 0.29) is 6.54 Å². The molecule has 5 heteroatoms. The summed E-state index contributed by atoms with van der Waals surface area (Å²) in [4.78, 5) is 6.63. The molecule has 0 saturated heterocycles. The smallest absolute Gasteiger partial charge is 0.240 e. The number of aromatic nitrogens is 2. The summed E-state index contributed by atoms with van der Waals surface area (Å²) in [6.45, 7) is 6.24. The summed E-state index contributed by atoms with van der Waals surface area (Å²) < 4.78 is 5.07. The average Bonchev–Trinajstić information content (AvgIpc) is 2.94. The molecule has 1 atom stereocenters. The van der Waals surface area contributed by atoms with E-state index in [2.05, 4.69) is 53.2 Å². The molecule has 1 unspecified atom stereocenters. The minimum Gasteiger partial charge on any atom is -0.338 e. The highest BCUT2D eigenvalue weighted by atomic mass is 16.5.